The molecule has 0 saturated carbocycles. The van der Waals surface area contributed by atoms with E-state index < -0.39 is 0 Å². The predicted octanol–water partition coefficient (Wildman–Crippen LogP) is 3.39. The number of rotatable bonds is 7. The standard InChI is InChI=1S/C21H37N5S/c1-17(2)15-19(25-10-4-5-11-25)16-23-21(22-3)24-18-8-12-26(13-9-18)20-7-6-14-27-20/h6-7,14,17-19H,4-5,8-13,15-16H2,1-3H3,(H2,22,23,24). The van der Waals surface area contributed by atoms with Gasteiger partial charge in [0.2, 0.25) is 0 Å². The van der Waals surface area contributed by atoms with Crippen LogP contribution in [0.25, 0.3) is 0 Å². The summed E-state index contributed by atoms with van der Waals surface area (Å²) in [5.74, 6) is 1.70. The molecule has 0 amide bonds. The van der Waals surface area contributed by atoms with Gasteiger partial charge in [0.25, 0.3) is 0 Å². The largest absolute Gasteiger partial charge is 0.363 e. The van der Waals surface area contributed by atoms with E-state index in [4.69, 9.17) is 0 Å². The Balaban J connectivity index is 1.44. The average molecular weight is 392 g/mol. The van der Waals surface area contributed by atoms with Crippen molar-refractivity contribution in [1.82, 2.24) is 15.5 Å². The van der Waals surface area contributed by atoms with Crippen molar-refractivity contribution in [3.63, 3.8) is 0 Å². The monoisotopic (exact) mass is 391 g/mol. The van der Waals surface area contributed by atoms with E-state index in [1.54, 1.807) is 0 Å². The van der Waals surface area contributed by atoms with Crippen LogP contribution in [-0.4, -0.2) is 62.7 Å². The molecule has 152 valence electrons. The van der Waals surface area contributed by atoms with Crippen LogP contribution in [0.3, 0.4) is 0 Å². The first-order valence-corrected chi connectivity index (χ1v) is 11.5. The average Bonchev–Trinajstić information content (AvgIpc) is 3.38. The lowest BCUT2D eigenvalue weighted by Gasteiger charge is -2.34. The highest BCUT2D eigenvalue weighted by Gasteiger charge is 2.24. The van der Waals surface area contributed by atoms with E-state index in [-0.39, 0.29) is 0 Å². The van der Waals surface area contributed by atoms with Crippen LogP contribution in [0.15, 0.2) is 22.5 Å². The highest BCUT2D eigenvalue weighted by molar-refractivity contribution is 7.14. The lowest BCUT2D eigenvalue weighted by molar-refractivity contribution is 0.212. The van der Waals surface area contributed by atoms with Gasteiger partial charge in [0, 0.05) is 38.8 Å². The second kappa shape index (κ2) is 10.3. The molecule has 6 heteroatoms. The summed E-state index contributed by atoms with van der Waals surface area (Å²) in [6, 6.07) is 5.50. The zero-order chi connectivity index (χ0) is 19.1. The lowest BCUT2D eigenvalue weighted by atomic mass is 10.0. The molecule has 0 aliphatic carbocycles. The number of hydrogen-bond donors (Lipinski definition) is 2. The second-order valence-corrected chi connectivity index (χ2v) is 9.26. The van der Waals surface area contributed by atoms with Crippen molar-refractivity contribution in [2.24, 2.45) is 10.9 Å². The summed E-state index contributed by atoms with van der Waals surface area (Å²) in [4.78, 5) is 9.66. The Labute approximate surface area is 169 Å². The van der Waals surface area contributed by atoms with E-state index >= 15 is 0 Å². The first-order valence-electron chi connectivity index (χ1n) is 10.7. The molecule has 27 heavy (non-hydrogen) atoms. The molecule has 2 saturated heterocycles. The number of guanidine groups is 1. The number of aliphatic imine (C=N–C) groups is 1. The van der Waals surface area contributed by atoms with Crippen LogP contribution >= 0.6 is 11.3 Å². The van der Waals surface area contributed by atoms with Gasteiger partial charge in [-0.15, -0.1) is 11.3 Å². The molecule has 0 bridgehead atoms. The van der Waals surface area contributed by atoms with Gasteiger partial charge in [0.05, 0.1) is 5.00 Å². The van der Waals surface area contributed by atoms with Gasteiger partial charge in [-0.1, -0.05) is 13.8 Å². The summed E-state index contributed by atoms with van der Waals surface area (Å²) in [6.07, 6.45) is 6.29. The number of piperidine rings is 1. The maximum atomic E-state index is 4.49. The van der Waals surface area contributed by atoms with Gasteiger partial charge < -0.3 is 15.5 Å². The van der Waals surface area contributed by atoms with Gasteiger partial charge in [0.15, 0.2) is 5.96 Å². The molecule has 0 radical (unpaired) electrons. The summed E-state index contributed by atoms with van der Waals surface area (Å²) in [5.41, 5.74) is 0. The number of nitrogens with one attached hydrogen (secondary N) is 2. The van der Waals surface area contributed by atoms with E-state index in [0.717, 1.165) is 31.5 Å². The van der Waals surface area contributed by atoms with Gasteiger partial charge in [-0.3, -0.25) is 9.89 Å². The fourth-order valence-electron chi connectivity index (χ4n) is 4.31. The van der Waals surface area contributed by atoms with Gasteiger partial charge in [-0.05, 0) is 68.6 Å². The minimum Gasteiger partial charge on any atom is -0.363 e. The zero-order valence-corrected chi connectivity index (χ0v) is 18.1. The van der Waals surface area contributed by atoms with Crippen molar-refractivity contribution in [1.29, 1.82) is 0 Å². The van der Waals surface area contributed by atoms with Crippen molar-refractivity contribution in [3.05, 3.63) is 17.5 Å². The molecule has 3 rings (SSSR count). The van der Waals surface area contributed by atoms with E-state index in [9.17, 15) is 0 Å². The molecule has 1 atom stereocenters. The van der Waals surface area contributed by atoms with Crippen LogP contribution in [0.1, 0.15) is 46.0 Å². The molecule has 1 aromatic heterocycles. The summed E-state index contributed by atoms with van der Waals surface area (Å²) in [7, 11) is 1.89. The van der Waals surface area contributed by atoms with Crippen LogP contribution in [0.2, 0.25) is 0 Å². The van der Waals surface area contributed by atoms with Gasteiger partial charge in [-0.25, -0.2) is 0 Å². The minimum atomic E-state index is 0.516. The van der Waals surface area contributed by atoms with Crippen LogP contribution in [0.5, 0.6) is 0 Å². The Bertz CT molecular complexity index is 557. The molecule has 2 fully saturated rings. The smallest absolute Gasteiger partial charge is 0.191 e. The second-order valence-electron chi connectivity index (χ2n) is 8.34. The molecular formula is C21H37N5S. The topological polar surface area (TPSA) is 42.9 Å². The summed E-state index contributed by atoms with van der Waals surface area (Å²) >= 11 is 1.84. The predicted molar refractivity (Wildman–Crippen MR) is 118 cm³/mol. The normalized spacial score (nSPS) is 21.0. The summed E-state index contributed by atoms with van der Waals surface area (Å²) < 4.78 is 0. The molecule has 2 aliphatic rings. The van der Waals surface area contributed by atoms with Crippen LogP contribution in [-0.2, 0) is 0 Å². The van der Waals surface area contributed by atoms with E-state index in [1.807, 2.05) is 18.4 Å². The molecule has 5 nitrogen and oxygen atoms in total. The van der Waals surface area contributed by atoms with Crippen molar-refractivity contribution in [3.8, 4) is 0 Å². The number of hydrogen-bond acceptors (Lipinski definition) is 4. The Kier molecular flexibility index (Phi) is 7.82. The Morgan fingerprint density at radius 2 is 1.96 bits per heavy atom. The number of nitrogens with zero attached hydrogens (tertiary/aromatic N) is 3. The maximum Gasteiger partial charge on any atom is 0.191 e. The fourth-order valence-corrected chi connectivity index (χ4v) is 5.09. The Morgan fingerprint density at radius 1 is 1.22 bits per heavy atom. The highest BCUT2D eigenvalue weighted by atomic mass is 32.1. The highest BCUT2D eigenvalue weighted by Crippen LogP contribution is 2.24. The van der Waals surface area contributed by atoms with E-state index in [1.165, 1.54) is 50.2 Å². The van der Waals surface area contributed by atoms with E-state index in [0.29, 0.717) is 12.1 Å². The lowest BCUT2D eigenvalue weighted by Crippen LogP contribution is -2.51. The van der Waals surface area contributed by atoms with E-state index in [2.05, 4.69) is 56.8 Å². The molecule has 2 aliphatic heterocycles. The van der Waals surface area contributed by atoms with Gasteiger partial charge in [-0.2, -0.15) is 0 Å². The molecule has 1 aromatic rings. The van der Waals surface area contributed by atoms with Crippen molar-refractivity contribution in [2.75, 3.05) is 44.7 Å². The molecular weight excluding hydrogens is 354 g/mol. The summed E-state index contributed by atoms with van der Waals surface area (Å²) in [5, 5.41) is 10.9. The SMILES string of the molecule is CN=C(NCC(CC(C)C)N1CCCC1)NC1CCN(c2cccs2)CC1. The molecule has 2 N–H and O–H groups in total. The first kappa shape index (κ1) is 20.5. The van der Waals surface area contributed by atoms with Crippen molar-refractivity contribution >= 4 is 22.3 Å². The third kappa shape index (κ3) is 6.11. The third-order valence-electron chi connectivity index (χ3n) is 5.78. The molecule has 0 spiro atoms. The van der Waals surface area contributed by atoms with Gasteiger partial charge in [0.1, 0.15) is 0 Å². The van der Waals surface area contributed by atoms with Crippen LogP contribution in [0, 0.1) is 5.92 Å². The molecule has 3 heterocycles. The Hall–Kier alpha value is -1.27. The van der Waals surface area contributed by atoms with Crippen LogP contribution in [0.4, 0.5) is 5.00 Å². The third-order valence-corrected chi connectivity index (χ3v) is 6.71. The number of likely N-dealkylation sites (tertiary alicyclic amines) is 1. The quantitative estimate of drug-likeness (QED) is 0.552. The minimum absolute atomic E-state index is 0.516. The van der Waals surface area contributed by atoms with Crippen molar-refractivity contribution in [2.45, 2.75) is 58.0 Å². The summed E-state index contributed by atoms with van der Waals surface area (Å²) in [6.45, 7) is 10.4. The van der Waals surface area contributed by atoms with Crippen LogP contribution < -0.4 is 15.5 Å². The number of thiophene rings is 1. The molecule has 1 unspecified atom stereocenters. The van der Waals surface area contributed by atoms with Crippen molar-refractivity contribution < 1.29 is 0 Å². The maximum absolute atomic E-state index is 4.49. The first-order chi connectivity index (χ1) is 13.2. The van der Waals surface area contributed by atoms with Gasteiger partial charge >= 0.3 is 0 Å². The number of anilines is 1. The fraction of sp³-hybridized carbons (Fsp3) is 0.762. The molecule has 0 aromatic carbocycles. The Morgan fingerprint density at radius 3 is 2.56 bits per heavy atom. The zero-order valence-electron chi connectivity index (χ0n) is 17.3.